The molecule has 0 amide bonds. The Morgan fingerprint density at radius 2 is 1.64 bits per heavy atom. The summed E-state index contributed by atoms with van der Waals surface area (Å²) in [6.07, 6.45) is 4.34. The molecule has 0 aliphatic carbocycles. The van der Waals surface area contributed by atoms with Gasteiger partial charge >= 0.3 is 0 Å². The van der Waals surface area contributed by atoms with Gasteiger partial charge in [-0.3, -0.25) is 4.98 Å². The minimum Gasteiger partial charge on any atom is -0.265 e. The molecule has 2 aromatic rings. The van der Waals surface area contributed by atoms with E-state index < -0.39 is 20.0 Å². The summed E-state index contributed by atoms with van der Waals surface area (Å²) in [5.74, 6) is 0. The molecular formula is C16H19N3O4S2. The van der Waals surface area contributed by atoms with Crippen LogP contribution in [0.4, 0.5) is 0 Å². The smallest absolute Gasteiger partial charge is 0.243 e. The molecule has 3 rings (SSSR count). The van der Waals surface area contributed by atoms with Gasteiger partial charge in [-0.25, -0.2) is 16.8 Å². The third-order valence-corrected chi connectivity index (χ3v) is 7.26. The Kier molecular flexibility index (Phi) is 4.92. The van der Waals surface area contributed by atoms with Crippen LogP contribution >= 0.6 is 0 Å². The molecule has 0 saturated carbocycles. The van der Waals surface area contributed by atoms with Gasteiger partial charge in [0.1, 0.15) is 0 Å². The molecule has 1 aliphatic rings. The number of benzene rings is 1. The maximum Gasteiger partial charge on any atom is 0.243 e. The van der Waals surface area contributed by atoms with E-state index in [4.69, 9.17) is 0 Å². The normalized spacial score (nSPS) is 16.7. The first kappa shape index (κ1) is 18.0. The first-order valence-corrected chi connectivity index (χ1v) is 11.0. The van der Waals surface area contributed by atoms with E-state index in [0.29, 0.717) is 0 Å². The van der Waals surface area contributed by atoms with Crippen LogP contribution in [-0.4, -0.2) is 55.8 Å². The van der Waals surface area contributed by atoms with Gasteiger partial charge in [0, 0.05) is 32.0 Å². The van der Waals surface area contributed by atoms with Gasteiger partial charge in [0.25, 0.3) is 0 Å². The summed E-state index contributed by atoms with van der Waals surface area (Å²) >= 11 is 0. The number of sulfonamides is 2. The highest BCUT2D eigenvalue weighted by Crippen LogP contribution is 2.26. The summed E-state index contributed by atoms with van der Waals surface area (Å²) in [6.45, 7) is 0.496. The van der Waals surface area contributed by atoms with Crippen LogP contribution in [0.1, 0.15) is 5.56 Å². The van der Waals surface area contributed by atoms with Gasteiger partial charge in [0.2, 0.25) is 20.0 Å². The monoisotopic (exact) mass is 381 g/mol. The molecular weight excluding hydrogens is 362 g/mol. The standard InChI is InChI=1S/C16H19N3O4S2/c1-24(20,21)19(11-14-7-9-17-10-8-14)15-12-18(13-15)25(22,23)16-5-3-2-4-6-16/h2-10,15H,11-13H2,1H3. The molecule has 1 aromatic heterocycles. The molecule has 1 aromatic carbocycles. The lowest BCUT2D eigenvalue weighted by atomic mass is 10.1. The van der Waals surface area contributed by atoms with Crippen molar-refractivity contribution in [3.8, 4) is 0 Å². The molecule has 7 nitrogen and oxygen atoms in total. The highest BCUT2D eigenvalue weighted by molar-refractivity contribution is 7.89. The summed E-state index contributed by atoms with van der Waals surface area (Å²) in [5.41, 5.74) is 0.810. The van der Waals surface area contributed by atoms with Gasteiger partial charge in [-0.05, 0) is 29.8 Å². The van der Waals surface area contributed by atoms with Crippen LogP contribution in [0.3, 0.4) is 0 Å². The van der Waals surface area contributed by atoms with Gasteiger partial charge in [0.05, 0.1) is 17.2 Å². The van der Waals surface area contributed by atoms with Crippen LogP contribution in [0, 0.1) is 0 Å². The lowest BCUT2D eigenvalue weighted by molar-refractivity contribution is 0.150. The molecule has 1 fully saturated rings. The molecule has 134 valence electrons. The largest absolute Gasteiger partial charge is 0.265 e. The zero-order valence-electron chi connectivity index (χ0n) is 13.7. The van der Waals surface area contributed by atoms with Crippen LogP contribution in [0.25, 0.3) is 0 Å². The highest BCUT2D eigenvalue weighted by Gasteiger charge is 2.42. The maximum atomic E-state index is 12.5. The van der Waals surface area contributed by atoms with Crippen molar-refractivity contribution in [2.75, 3.05) is 19.3 Å². The average Bonchev–Trinajstić information content (AvgIpc) is 2.53. The lowest BCUT2D eigenvalue weighted by Crippen LogP contribution is -2.61. The van der Waals surface area contributed by atoms with Crippen LogP contribution in [0.15, 0.2) is 59.8 Å². The fraction of sp³-hybridized carbons (Fsp3) is 0.312. The fourth-order valence-corrected chi connectivity index (χ4v) is 5.32. The lowest BCUT2D eigenvalue weighted by Gasteiger charge is -2.43. The molecule has 2 heterocycles. The molecule has 9 heteroatoms. The Labute approximate surface area is 148 Å². The van der Waals surface area contributed by atoms with Crippen molar-refractivity contribution in [1.29, 1.82) is 0 Å². The minimum atomic E-state index is -3.59. The van der Waals surface area contributed by atoms with E-state index in [1.807, 2.05) is 0 Å². The summed E-state index contributed by atoms with van der Waals surface area (Å²) < 4.78 is 52.0. The molecule has 1 saturated heterocycles. The van der Waals surface area contributed by atoms with Crippen molar-refractivity contribution < 1.29 is 16.8 Å². The second kappa shape index (κ2) is 6.83. The van der Waals surface area contributed by atoms with E-state index in [0.717, 1.165) is 11.8 Å². The molecule has 0 atom stereocenters. The van der Waals surface area contributed by atoms with Gasteiger partial charge in [0.15, 0.2) is 0 Å². The number of pyridine rings is 1. The second-order valence-electron chi connectivity index (χ2n) is 5.95. The summed E-state index contributed by atoms with van der Waals surface area (Å²) in [7, 11) is -7.05. The Bertz CT molecular complexity index is 926. The van der Waals surface area contributed by atoms with Crippen molar-refractivity contribution in [3.05, 3.63) is 60.4 Å². The SMILES string of the molecule is CS(=O)(=O)N(Cc1ccncc1)C1CN(S(=O)(=O)c2ccccc2)C1. The molecule has 0 N–H and O–H groups in total. The average molecular weight is 381 g/mol. The third kappa shape index (κ3) is 3.90. The molecule has 25 heavy (non-hydrogen) atoms. The van der Waals surface area contributed by atoms with Crippen molar-refractivity contribution >= 4 is 20.0 Å². The number of hydrogen-bond donors (Lipinski definition) is 0. The van der Waals surface area contributed by atoms with Gasteiger partial charge in [-0.1, -0.05) is 18.2 Å². The fourth-order valence-electron chi connectivity index (χ4n) is 2.72. The van der Waals surface area contributed by atoms with Crippen LogP contribution in [0.5, 0.6) is 0 Å². The Balaban J connectivity index is 1.74. The predicted octanol–water partition coefficient (Wildman–Crippen LogP) is 0.916. The zero-order chi connectivity index (χ0) is 18.1. The van der Waals surface area contributed by atoms with E-state index >= 15 is 0 Å². The van der Waals surface area contributed by atoms with E-state index in [2.05, 4.69) is 4.98 Å². The van der Waals surface area contributed by atoms with Crippen LogP contribution in [0.2, 0.25) is 0 Å². The number of nitrogens with zero attached hydrogens (tertiary/aromatic N) is 3. The van der Waals surface area contributed by atoms with E-state index in [-0.39, 0.29) is 30.6 Å². The molecule has 0 bridgehead atoms. The summed E-state index contributed by atoms with van der Waals surface area (Å²) in [5, 5.41) is 0. The topological polar surface area (TPSA) is 87.7 Å². The number of rotatable bonds is 6. The van der Waals surface area contributed by atoms with Gasteiger partial charge in [-0.15, -0.1) is 0 Å². The molecule has 0 radical (unpaired) electrons. The summed E-state index contributed by atoms with van der Waals surface area (Å²) in [4.78, 5) is 4.13. The second-order valence-corrected chi connectivity index (χ2v) is 9.83. The van der Waals surface area contributed by atoms with E-state index in [9.17, 15) is 16.8 Å². The first-order valence-electron chi connectivity index (χ1n) is 7.69. The highest BCUT2D eigenvalue weighted by atomic mass is 32.2. The maximum absolute atomic E-state index is 12.5. The summed E-state index contributed by atoms with van der Waals surface area (Å²) in [6, 6.07) is 11.3. The number of hydrogen-bond acceptors (Lipinski definition) is 5. The van der Waals surface area contributed by atoms with Crippen molar-refractivity contribution in [2.24, 2.45) is 0 Å². The van der Waals surface area contributed by atoms with E-state index in [1.54, 1.807) is 42.7 Å². The Morgan fingerprint density at radius 1 is 1.04 bits per heavy atom. The minimum absolute atomic E-state index is 0.148. The Morgan fingerprint density at radius 3 is 2.20 bits per heavy atom. The molecule has 0 unspecified atom stereocenters. The van der Waals surface area contributed by atoms with Crippen LogP contribution < -0.4 is 0 Å². The van der Waals surface area contributed by atoms with Crippen LogP contribution in [-0.2, 0) is 26.6 Å². The quantitative estimate of drug-likeness (QED) is 0.742. The van der Waals surface area contributed by atoms with Gasteiger partial charge < -0.3 is 0 Å². The number of aromatic nitrogens is 1. The first-order chi connectivity index (χ1) is 11.8. The third-order valence-electron chi connectivity index (χ3n) is 4.13. The predicted molar refractivity (Wildman–Crippen MR) is 93.6 cm³/mol. The van der Waals surface area contributed by atoms with E-state index in [1.165, 1.54) is 20.7 Å². The van der Waals surface area contributed by atoms with Crippen molar-refractivity contribution in [2.45, 2.75) is 17.5 Å². The van der Waals surface area contributed by atoms with Crippen molar-refractivity contribution in [3.63, 3.8) is 0 Å². The van der Waals surface area contributed by atoms with Gasteiger partial charge in [-0.2, -0.15) is 8.61 Å². The zero-order valence-corrected chi connectivity index (χ0v) is 15.3. The van der Waals surface area contributed by atoms with Crippen molar-refractivity contribution in [1.82, 2.24) is 13.6 Å². The molecule has 0 spiro atoms. The Hall–Kier alpha value is -1.81. The molecule has 1 aliphatic heterocycles.